The van der Waals surface area contributed by atoms with Crippen LogP contribution in [0.4, 0.5) is 18.9 Å². The fourth-order valence-corrected chi connectivity index (χ4v) is 3.48. The maximum atomic E-state index is 13.8. The van der Waals surface area contributed by atoms with E-state index in [1.807, 2.05) is 13.0 Å². The van der Waals surface area contributed by atoms with Gasteiger partial charge in [0.05, 0.1) is 6.54 Å². The number of hydrogen-bond donors (Lipinski definition) is 1. The number of sulfonamides is 1. The monoisotopic (exact) mass is 386 g/mol. The topological polar surface area (TPSA) is 66.5 Å². The van der Waals surface area contributed by atoms with E-state index < -0.39 is 44.8 Å². The lowest BCUT2D eigenvalue weighted by Crippen LogP contribution is -2.35. The van der Waals surface area contributed by atoms with E-state index in [1.54, 1.807) is 18.2 Å². The third kappa shape index (κ3) is 4.05. The lowest BCUT2D eigenvalue weighted by molar-refractivity contribution is -0.116. The Morgan fingerprint density at radius 3 is 2.38 bits per heavy atom. The van der Waals surface area contributed by atoms with Crippen molar-refractivity contribution < 1.29 is 26.4 Å². The number of benzene rings is 2. The summed E-state index contributed by atoms with van der Waals surface area (Å²) in [7, 11) is -3.48. The number of carbonyl (C=O) groups is 1. The molecule has 0 radical (unpaired) electrons. The van der Waals surface area contributed by atoms with Crippen molar-refractivity contribution in [2.45, 2.75) is 18.2 Å². The summed E-state index contributed by atoms with van der Waals surface area (Å²) in [5.41, 5.74) is 1.39. The molecule has 0 spiro atoms. The van der Waals surface area contributed by atoms with Crippen LogP contribution in [0.15, 0.2) is 41.3 Å². The van der Waals surface area contributed by atoms with Gasteiger partial charge in [-0.3, -0.25) is 4.79 Å². The van der Waals surface area contributed by atoms with Gasteiger partial charge in [-0.25, -0.2) is 21.6 Å². The fourth-order valence-electron chi connectivity index (χ4n) is 2.30. The van der Waals surface area contributed by atoms with E-state index >= 15 is 0 Å². The number of anilines is 1. The van der Waals surface area contributed by atoms with Crippen LogP contribution in [-0.2, 0) is 21.2 Å². The number of halogens is 3. The Balaban J connectivity index is 2.19. The molecular weight excluding hydrogens is 369 g/mol. The van der Waals surface area contributed by atoms with Gasteiger partial charge in [-0.05, 0) is 30.2 Å². The molecule has 0 saturated heterocycles. The Morgan fingerprint density at radius 2 is 1.73 bits per heavy atom. The molecule has 2 aromatic rings. The standard InChI is InChI=1S/C17H17F3N2O3S/c1-3-11-6-4-5-7-13(11)21-15(23)10-22(2)26(24,25)14-9-8-12(18)16(19)17(14)20/h4-9H,3,10H2,1-2H3,(H,21,23). The van der Waals surface area contributed by atoms with Crippen molar-refractivity contribution in [1.82, 2.24) is 4.31 Å². The molecule has 0 atom stereocenters. The maximum absolute atomic E-state index is 13.8. The van der Waals surface area contributed by atoms with Crippen molar-refractivity contribution in [3.63, 3.8) is 0 Å². The molecule has 26 heavy (non-hydrogen) atoms. The molecule has 9 heteroatoms. The Hall–Kier alpha value is -2.39. The predicted octanol–water partition coefficient (Wildman–Crippen LogP) is 2.93. The number of nitrogens with zero attached hydrogens (tertiary/aromatic N) is 1. The van der Waals surface area contributed by atoms with E-state index in [2.05, 4.69) is 5.32 Å². The van der Waals surface area contributed by atoms with E-state index in [0.29, 0.717) is 28.5 Å². The van der Waals surface area contributed by atoms with Crippen molar-refractivity contribution in [3.8, 4) is 0 Å². The molecule has 5 nitrogen and oxygen atoms in total. The highest BCUT2D eigenvalue weighted by Crippen LogP contribution is 2.22. The largest absolute Gasteiger partial charge is 0.325 e. The summed E-state index contributed by atoms with van der Waals surface area (Å²) in [6.45, 7) is 1.27. The van der Waals surface area contributed by atoms with E-state index in [-0.39, 0.29) is 0 Å². The van der Waals surface area contributed by atoms with Crippen LogP contribution in [0.3, 0.4) is 0 Å². The summed E-state index contributed by atoms with van der Waals surface area (Å²) in [6.07, 6.45) is 0.657. The van der Waals surface area contributed by atoms with Gasteiger partial charge in [-0.15, -0.1) is 0 Å². The normalized spacial score (nSPS) is 11.6. The smallest absolute Gasteiger partial charge is 0.246 e. The minimum Gasteiger partial charge on any atom is -0.325 e. The number of likely N-dealkylation sites (N-methyl/N-ethyl adjacent to an activating group) is 1. The third-order valence-corrected chi connectivity index (χ3v) is 5.55. The molecule has 0 fully saturated rings. The van der Waals surface area contributed by atoms with Gasteiger partial charge in [-0.1, -0.05) is 25.1 Å². The highest BCUT2D eigenvalue weighted by molar-refractivity contribution is 7.89. The molecule has 0 aliphatic heterocycles. The third-order valence-electron chi connectivity index (χ3n) is 3.73. The van der Waals surface area contributed by atoms with Crippen LogP contribution < -0.4 is 5.32 Å². The Morgan fingerprint density at radius 1 is 1.08 bits per heavy atom. The van der Waals surface area contributed by atoms with Crippen LogP contribution in [0.2, 0.25) is 0 Å². The second-order valence-corrected chi connectivity index (χ2v) is 7.51. The lowest BCUT2D eigenvalue weighted by Gasteiger charge is -2.18. The maximum Gasteiger partial charge on any atom is 0.246 e. The van der Waals surface area contributed by atoms with Crippen molar-refractivity contribution in [1.29, 1.82) is 0 Å². The number of rotatable bonds is 6. The van der Waals surface area contributed by atoms with Crippen molar-refractivity contribution in [2.24, 2.45) is 0 Å². The SMILES string of the molecule is CCc1ccccc1NC(=O)CN(C)S(=O)(=O)c1ccc(F)c(F)c1F. The summed E-state index contributed by atoms with van der Waals surface area (Å²) in [5, 5.41) is 2.58. The predicted molar refractivity (Wildman–Crippen MR) is 90.6 cm³/mol. The van der Waals surface area contributed by atoms with Gasteiger partial charge >= 0.3 is 0 Å². The van der Waals surface area contributed by atoms with Crippen molar-refractivity contribution in [3.05, 3.63) is 59.4 Å². The Kier molecular flexibility index (Phi) is 6.04. The second-order valence-electron chi connectivity index (χ2n) is 5.49. The average Bonchev–Trinajstić information content (AvgIpc) is 2.59. The van der Waals surface area contributed by atoms with Crippen LogP contribution in [-0.4, -0.2) is 32.2 Å². The molecule has 2 rings (SSSR count). The number of carbonyl (C=O) groups excluding carboxylic acids is 1. The van der Waals surface area contributed by atoms with Gasteiger partial charge in [0, 0.05) is 12.7 Å². The van der Waals surface area contributed by atoms with Crippen LogP contribution in [0.25, 0.3) is 0 Å². The summed E-state index contributed by atoms with van der Waals surface area (Å²) >= 11 is 0. The van der Waals surface area contributed by atoms with Crippen LogP contribution in [0.5, 0.6) is 0 Å². The van der Waals surface area contributed by atoms with Gasteiger partial charge in [0.25, 0.3) is 0 Å². The minimum absolute atomic E-state index is 0.511. The van der Waals surface area contributed by atoms with Crippen molar-refractivity contribution >= 4 is 21.6 Å². The first-order chi connectivity index (χ1) is 12.2. The Labute approximate surface area is 149 Å². The first kappa shape index (κ1) is 19.9. The molecule has 140 valence electrons. The minimum atomic E-state index is -4.52. The number of aryl methyl sites for hydroxylation is 1. The fraction of sp³-hybridized carbons (Fsp3) is 0.235. The van der Waals surface area contributed by atoms with Gasteiger partial charge < -0.3 is 5.32 Å². The molecule has 1 N–H and O–H groups in total. The first-order valence-corrected chi connectivity index (χ1v) is 9.10. The molecule has 0 aliphatic rings. The highest BCUT2D eigenvalue weighted by atomic mass is 32.2. The summed E-state index contributed by atoms with van der Waals surface area (Å²) in [5.74, 6) is -5.87. The first-order valence-electron chi connectivity index (χ1n) is 7.66. The molecular formula is C17H17F3N2O3S. The number of para-hydroxylation sites is 1. The summed E-state index contributed by atoms with van der Waals surface area (Å²) in [4.78, 5) is 11.1. The van der Waals surface area contributed by atoms with Crippen LogP contribution >= 0.6 is 0 Å². The summed E-state index contributed by atoms with van der Waals surface area (Å²) in [6, 6.07) is 8.12. The highest BCUT2D eigenvalue weighted by Gasteiger charge is 2.29. The Bertz CT molecular complexity index is 933. The van der Waals surface area contributed by atoms with Gasteiger partial charge in [0.2, 0.25) is 15.9 Å². The van der Waals surface area contributed by atoms with E-state index in [9.17, 15) is 26.4 Å². The second kappa shape index (κ2) is 7.88. The molecule has 1 amide bonds. The van der Waals surface area contributed by atoms with Crippen LogP contribution in [0.1, 0.15) is 12.5 Å². The number of nitrogens with one attached hydrogen (secondary N) is 1. The molecule has 0 unspecified atom stereocenters. The number of amides is 1. The van der Waals surface area contributed by atoms with Gasteiger partial charge in [0.15, 0.2) is 17.5 Å². The van der Waals surface area contributed by atoms with Gasteiger partial charge in [0.1, 0.15) is 4.90 Å². The number of hydrogen-bond acceptors (Lipinski definition) is 3. The molecule has 0 saturated carbocycles. The van der Waals surface area contributed by atoms with Gasteiger partial charge in [-0.2, -0.15) is 4.31 Å². The molecule has 0 heterocycles. The van der Waals surface area contributed by atoms with E-state index in [4.69, 9.17) is 0 Å². The molecule has 0 aromatic heterocycles. The van der Waals surface area contributed by atoms with E-state index in [1.165, 1.54) is 0 Å². The molecule has 0 bridgehead atoms. The van der Waals surface area contributed by atoms with Crippen LogP contribution in [0, 0.1) is 17.5 Å². The molecule has 2 aromatic carbocycles. The zero-order valence-corrected chi connectivity index (χ0v) is 14.9. The van der Waals surface area contributed by atoms with E-state index in [0.717, 1.165) is 12.6 Å². The molecule has 0 aliphatic carbocycles. The zero-order valence-electron chi connectivity index (χ0n) is 14.1. The summed E-state index contributed by atoms with van der Waals surface area (Å²) < 4.78 is 65.3. The average molecular weight is 386 g/mol. The van der Waals surface area contributed by atoms with Crippen molar-refractivity contribution in [2.75, 3.05) is 18.9 Å². The quantitative estimate of drug-likeness (QED) is 0.777. The zero-order chi connectivity index (χ0) is 19.5. The lowest BCUT2D eigenvalue weighted by atomic mass is 10.1.